The molecule has 6 nitrogen and oxygen atoms in total. The summed E-state index contributed by atoms with van der Waals surface area (Å²) in [5.41, 5.74) is 6.84. The largest absolute Gasteiger partial charge is 0.409 e. The summed E-state index contributed by atoms with van der Waals surface area (Å²) in [6, 6.07) is 2.74. The topological polar surface area (TPSA) is 79.7 Å². The molecule has 1 aromatic rings. The first kappa shape index (κ1) is 13.4. The molecule has 0 radical (unpaired) electrons. The summed E-state index contributed by atoms with van der Waals surface area (Å²) >= 11 is 0. The first-order valence-corrected chi connectivity index (χ1v) is 7.53. The Kier molecular flexibility index (Phi) is 3.91. The second-order valence-electron chi connectivity index (χ2n) is 5.88. The van der Waals surface area contributed by atoms with E-state index in [-0.39, 0.29) is 6.04 Å². The molecule has 2 aliphatic rings. The molecule has 1 aliphatic carbocycles. The number of amidine groups is 1. The summed E-state index contributed by atoms with van der Waals surface area (Å²) in [5, 5.41) is 16.7. The van der Waals surface area contributed by atoms with Gasteiger partial charge in [-0.05, 0) is 38.3 Å². The van der Waals surface area contributed by atoms with E-state index in [2.05, 4.69) is 27.0 Å². The van der Waals surface area contributed by atoms with Crippen LogP contribution in [-0.2, 0) is 6.54 Å². The van der Waals surface area contributed by atoms with Crippen LogP contribution in [0.25, 0.3) is 0 Å². The van der Waals surface area contributed by atoms with E-state index in [0.717, 1.165) is 31.6 Å². The fraction of sp³-hybridized carbons (Fsp3) is 0.714. The molecule has 1 unspecified atom stereocenters. The van der Waals surface area contributed by atoms with E-state index in [9.17, 15) is 0 Å². The lowest BCUT2D eigenvalue weighted by Crippen LogP contribution is -2.40. The Hall–Kier alpha value is -1.56. The molecule has 0 aromatic carbocycles. The van der Waals surface area contributed by atoms with Gasteiger partial charge < -0.3 is 10.9 Å². The average molecular weight is 277 g/mol. The third-order valence-electron chi connectivity index (χ3n) is 4.55. The van der Waals surface area contributed by atoms with Gasteiger partial charge in [0.2, 0.25) is 0 Å². The van der Waals surface area contributed by atoms with Crippen LogP contribution in [0.1, 0.15) is 50.3 Å². The van der Waals surface area contributed by atoms with E-state index in [1.807, 2.05) is 0 Å². The Labute approximate surface area is 119 Å². The third kappa shape index (κ3) is 2.65. The van der Waals surface area contributed by atoms with Crippen molar-refractivity contribution in [2.75, 3.05) is 6.54 Å². The molecule has 1 aromatic heterocycles. The van der Waals surface area contributed by atoms with Gasteiger partial charge in [0.05, 0.1) is 17.8 Å². The Balaban J connectivity index is 1.65. The van der Waals surface area contributed by atoms with E-state index in [1.54, 1.807) is 0 Å². The molecule has 110 valence electrons. The van der Waals surface area contributed by atoms with Crippen molar-refractivity contribution in [1.82, 2.24) is 14.7 Å². The van der Waals surface area contributed by atoms with E-state index in [4.69, 9.17) is 16.0 Å². The van der Waals surface area contributed by atoms with Gasteiger partial charge in [-0.3, -0.25) is 9.58 Å². The lowest BCUT2D eigenvalue weighted by atomic mass is 10.2. The van der Waals surface area contributed by atoms with E-state index >= 15 is 0 Å². The van der Waals surface area contributed by atoms with E-state index < -0.39 is 0 Å². The molecule has 1 saturated heterocycles. The van der Waals surface area contributed by atoms with Gasteiger partial charge in [0.15, 0.2) is 5.84 Å². The summed E-state index contributed by atoms with van der Waals surface area (Å²) in [4.78, 5) is 2.25. The van der Waals surface area contributed by atoms with Crippen molar-refractivity contribution < 1.29 is 5.21 Å². The fourth-order valence-electron chi connectivity index (χ4n) is 3.46. The highest BCUT2D eigenvalue weighted by molar-refractivity contribution is 5.85. The molecule has 6 heteroatoms. The molecule has 1 aliphatic heterocycles. The predicted octanol–water partition coefficient (Wildman–Crippen LogP) is 1.71. The lowest BCUT2D eigenvalue weighted by molar-refractivity contribution is 0.271. The van der Waals surface area contributed by atoms with Gasteiger partial charge in [0, 0.05) is 12.7 Å². The van der Waals surface area contributed by atoms with Crippen molar-refractivity contribution in [3.05, 3.63) is 18.0 Å². The Morgan fingerprint density at radius 1 is 1.35 bits per heavy atom. The van der Waals surface area contributed by atoms with E-state index in [0.29, 0.717) is 11.9 Å². The number of hydrogen-bond donors (Lipinski definition) is 2. The van der Waals surface area contributed by atoms with Crippen LogP contribution < -0.4 is 5.73 Å². The van der Waals surface area contributed by atoms with Crippen LogP contribution in [0.15, 0.2) is 17.4 Å². The van der Waals surface area contributed by atoms with Crippen LogP contribution in [0.3, 0.4) is 0 Å². The van der Waals surface area contributed by atoms with Crippen LogP contribution in [0, 0.1) is 0 Å². The predicted molar refractivity (Wildman–Crippen MR) is 76.6 cm³/mol. The molecule has 0 amide bonds. The van der Waals surface area contributed by atoms with Crippen LogP contribution >= 0.6 is 0 Å². The van der Waals surface area contributed by atoms with Gasteiger partial charge in [-0.15, -0.1) is 0 Å². The zero-order valence-corrected chi connectivity index (χ0v) is 11.8. The molecule has 0 bridgehead atoms. The quantitative estimate of drug-likeness (QED) is 0.380. The highest BCUT2D eigenvalue weighted by Gasteiger charge is 2.28. The Morgan fingerprint density at radius 3 is 2.90 bits per heavy atom. The molecular weight excluding hydrogens is 254 g/mol. The number of aromatic nitrogens is 2. The monoisotopic (exact) mass is 277 g/mol. The van der Waals surface area contributed by atoms with Crippen molar-refractivity contribution in [1.29, 1.82) is 0 Å². The molecule has 2 heterocycles. The van der Waals surface area contributed by atoms with Gasteiger partial charge in [0.1, 0.15) is 0 Å². The van der Waals surface area contributed by atoms with Crippen LogP contribution in [0.4, 0.5) is 0 Å². The SMILES string of the molecule is NC(=NO)C1CCCN1Cc1ccn(C2CCCC2)n1. The summed E-state index contributed by atoms with van der Waals surface area (Å²) in [6.07, 6.45) is 9.27. The van der Waals surface area contributed by atoms with Crippen LogP contribution in [0.5, 0.6) is 0 Å². The Bertz CT molecular complexity index is 478. The minimum Gasteiger partial charge on any atom is -0.409 e. The second kappa shape index (κ2) is 5.83. The zero-order chi connectivity index (χ0) is 13.9. The highest BCUT2D eigenvalue weighted by Crippen LogP contribution is 2.29. The van der Waals surface area contributed by atoms with Crippen LogP contribution in [-0.4, -0.2) is 38.3 Å². The molecule has 3 rings (SSSR count). The van der Waals surface area contributed by atoms with Gasteiger partial charge in [-0.25, -0.2) is 0 Å². The number of likely N-dealkylation sites (tertiary alicyclic amines) is 1. The Morgan fingerprint density at radius 2 is 2.15 bits per heavy atom. The standard InChI is InChI=1S/C14H23N5O/c15-14(17-20)13-6-3-8-18(13)10-11-7-9-19(16-11)12-4-1-2-5-12/h7,9,12-13,20H,1-6,8,10H2,(H2,15,17). The van der Waals surface area contributed by atoms with Gasteiger partial charge in [0.25, 0.3) is 0 Å². The molecular formula is C14H23N5O. The van der Waals surface area contributed by atoms with E-state index in [1.165, 1.54) is 25.7 Å². The maximum Gasteiger partial charge on any atom is 0.156 e. The second-order valence-corrected chi connectivity index (χ2v) is 5.88. The zero-order valence-electron chi connectivity index (χ0n) is 11.8. The summed E-state index contributed by atoms with van der Waals surface area (Å²) in [5.74, 6) is 0.317. The summed E-state index contributed by atoms with van der Waals surface area (Å²) in [7, 11) is 0. The van der Waals surface area contributed by atoms with Gasteiger partial charge in [-0.2, -0.15) is 5.10 Å². The van der Waals surface area contributed by atoms with Crippen molar-refractivity contribution in [2.45, 2.75) is 57.2 Å². The first-order chi connectivity index (χ1) is 9.78. The number of oxime groups is 1. The molecule has 3 N–H and O–H groups in total. The number of nitrogens with zero attached hydrogens (tertiary/aromatic N) is 4. The first-order valence-electron chi connectivity index (χ1n) is 7.53. The molecule has 2 fully saturated rings. The average Bonchev–Trinajstić information content (AvgIpc) is 3.19. The number of hydrogen-bond acceptors (Lipinski definition) is 4. The fourth-order valence-corrected chi connectivity index (χ4v) is 3.46. The van der Waals surface area contributed by atoms with Crippen molar-refractivity contribution in [3.8, 4) is 0 Å². The molecule has 20 heavy (non-hydrogen) atoms. The van der Waals surface area contributed by atoms with Crippen molar-refractivity contribution in [2.24, 2.45) is 10.9 Å². The summed E-state index contributed by atoms with van der Waals surface area (Å²) < 4.78 is 2.12. The number of nitrogens with two attached hydrogens (primary N) is 1. The number of rotatable bonds is 4. The summed E-state index contributed by atoms with van der Waals surface area (Å²) in [6.45, 7) is 1.76. The maximum atomic E-state index is 8.84. The molecule has 1 atom stereocenters. The highest BCUT2D eigenvalue weighted by atomic mass is 16.4. The molecule has 1 saturated carbocycles. The smallest absolute Gasteiger partial charge is 0.156 e. The van der Waals surface area contributed by atoms with Crippen molar-refractivity contribution in [3.63, 3.8) is 0 Å². The minimum absolute atomic E-state index is 0.0524. The lowest BCUT2D eigenvalue weighted by Gasteiger charge is -2.22. The minimum atomic E-state index is 0.0524. The third-order valence-corrected chi connectivity index (χ3v) is 4.55. The maximum absolute atomic E-state index is 8.84. The van der Waals surface area contributed by atoms with Crippen LogP contribution in [0.2, 0.25) is 0 Å². The molecule has 0 spiro atoms. The van der Waals surface area contributed by atoms with Crippen molar-refractivity contribution >= 4 is 5.84 Å². The van der Waals surface area contributed by atoms with Gasteiger partial charge in [-0.1, -0.05) is 18.0 Å². The van der Waals surface area contributed by atoms with Gasteiger partial charge >= 0.3 is 0 Å². The normalized spacial score (nSPS) is 25.6.